The maximum Gasteiger partial charge on any atom is 0.335 e. The monoisotopic (exact) mass is 794 g/mol. The lowest BCUT2D eigenvalue weighted by Crippen LogP contribution is -2.37. The van der Waals surface area contributed by atoms with Crippen LogP contribution in [0.3, 0.4) is 0 Å². The summed E-state index contributed by atoms with van der Waals surface area (Å²) >= 11 is 12.2. The van der Waals surface area contributed by atoms with Crippen molar-refractivity contribution in [2.45, 2.75) is 64.8 Å². The Bertz CT molecular complexity index is 2210. The van der Waals surface area contributed by atoms with Crippen molar-refractivity contribution in [1.82, 2.24) is 0 Å². The average Bonchev–Trinajstić information content (AvgIpc) is 3.94. The molecule has 282 valence electrons. The minimum Gasteiger partial charge on any atom is -0.492 e. The van der Waals surface area contributed by atoms with E-state index in [9.17, 15) is 31.9 Å². The number of halogens is 6. The smallest absolute Gasteiger partial charge is 0.335 e. The minimum atomic E-state index is -5.00. The Hall–Kier alpha value is -4.33. The summed E-state index contributed by atoms with van der Waals surface area (Å²) < 4.78 is 94.4. The van der Waals surface area contributed by atoms with E-state index in [4.69, 9.17) is 27.9 Å². The first-order chi connectivity index (χ1) is 24.8. The molecule has 0 bridgehead atoms. The van der Waals surface area contributed by atoms with Gasteiger partial charge in [-0.1, -0.05) is 74.3 Å². The number of aromatic carboxylic acids is 1. The number of amides is 1. The molecule has 2 N–H and O–H groups in total. The van der Waals surface area contributed by atoms with Gasteiger partial charge in [-0.3, -0.25) is 9.52 Å². The predicted octanol–water partition coefficient (Wildman–Crippen LogP) is 9.39. The molecule has 53 heavy (non-hydrogen) atoms. The maximum atomic E-state index is 15.3. The number of carboxylic acids is 1. The van der Waals surface area contributed by atoms with Gasteiger partial charge in [0, 0.05) is 12.0 Å². The van der Waals surface area contributed by atoms with Gasteiger partial charge in [0.25, 0.3) is 0 Å². The van der Waals surface area contributed by atoms with Crippen LogP contribution in [0.2, 0.25) is 10.0 Å². The van der Waals surface area contributed by atoms with Gasteiger partial charge in [-0.05, 0) is 77.6 Å². The second-order valence-electron chi connectivity index (χ2n) is 13.7. The first-order valence-electron chi connectivity index (χ1n) is 16.5. The zero-order valence-corrected chi connectivity index (χ0v) is 31.5. The van der Waals surface area contributed by atoms with Crippen LogP contribution in [0.15, 0.2) is 54.6 Å². The molecule has 0 radical (unpaired) electrons. The third-order valence-electron chi connectivity index (χ3n) is 8.70. The fourth-order valence-corrected chi connectivity index (χ4v) is 7.25. The highest BCUT2D eigenvalue weighted by atomic mass is 35.5. The van der Waals surface area contributed by atoms with E-state index < -0.39 is 68.6 Å². The number of ether oxygens (including phenoxy) is 1. The van der Waals surface area contributed by atoms with E-state index in [2.05, 4.69) is 6.07 Å². The molecule has 5 rings (SSSR count). The summed E-state index contributed by atoms with van der Waals surface area (Å²) in [6, 6.07) is 13.8. The lowest BCUT2D eigenvalue weighted by molar-refractivity contribution is -0.116. The SMILES string of the molecule is CCOc1cc(C(=O)O)ccc1N(Cc1cc(C2CC2)cc(C(C)(C)C)c1)C(=O)CS(=O)(=O)Nc1c(F)c(F)c(F)c(F)c1Cc1cccc(Cl)c1Cl. The maximum absolute atomic E-state index is 15.3. The largest absolute Gasteiger partial charge is 0.492 e. The number of carboxylic acid groups (broad SMARTS) is 1. The van der Waals surface area contributed by atoms with Gasteiger partial charge in [0.15, 0.2) is 23.3 Å². The molecule has 1 aliphatic carbocycles. The summed E-state index contributed by atoms with van der Waals surface area (Å²) in [5.41, 5.74) is 0.0899. The van der Waals surface area contributed by atoms with E-state index in [1.807, 2.05) is 32.9 Å². The Morgan fingerprint density at radius 2 is 1.64 bits per heavy atom. The second kappa shape index (κ2) is 15.6. The molecule has 8 nitrogen and oxygen atoms in total. The summed E-state index contributed by atoms with van der Waals surface area (Å²) in [5.74, 6) is -11.8. The molecule has 1 aliphatic rings. The van der Waals surface area contributed by atoms with Crippen molar-refractivity contribution in [3.8, 4) is 5.75 Å². The van der Waals surface area contributed by atoms with E-state index >= 15 is 8.78 Å². The topological polar surface area (TPSA) is 113 Å². The van der Waals surface area contributed by atoms with Crippen LogP contribution < -0.4 is 14.4 Å². The molecule has 0 aliphatic heterocycles. The zero-order chi connectivity index (χ0) is 39.0. The van der Waals surface area contributed by atoms with Crippen molar-refractivity contribution in [3.05, 3.63) is 121 Å². The summed E-state index contributed by atoms with van der Waals surface area (Å²) in [6.07, 6.45) is 1.26. The number of hydrogen-bond acceptors (Lipinski definition) is 5. The van der Waals surface area contributed by atoms with E-state index in [0.717, 1.165) is 28.9 Å². The zero-order valence-electron chi connectivity index (χ0n) is 29.1. The van der Waals surface area contributed by atoms with Crippen LogP contribution >= 0.6 is 23.2 Å². The molecule has 0 spiro atoms. The number of nitrogens with one attached hydrogen (secondary N) is 1. The van der Waals surface area contributed by atoms with Gasteiger partial charge in [0.05, 0.1) is 40.1 Å². The summed E-state index contributed by atoms with van der Waals surface area (Å²) in [5, 5.41) is 9.52. The van der Waals surface area contributed by atoms with Gasteiger partial charge >= 0.3 is 5.97 Å². The molecule has 4 aromatic carbocycles. The molecular formula is C38H36Cl2F4N2O6S. The molecule has 4 aromatic rings. The quantitative estimate of drug-likeness (QED) is 0.0793. The van der Waals surface area contributed by atoms with Gasteiger partial charge in [-0.25, -0.2) is 30.8 Å². The van der Waals surface area contributed by atoms with Crippen molar-refractivity contribution in [1.29, 1.82) is 0 Å². The number of anilines is 2. The van der Waals surface area contributed by atoms with Crippen LogP contribution in [0.4, 0.5) is 28.9 Å². The Labute approximate surface area is 314 Å². The molecule has 0 atom stereocenters. The van der Waals surface area contributed by atoms with Crippen LogP contribution in [0.25, 0.3) is 0 Å². The Morgan fingerprint density at radius 1 is 0.962 bits per heavy atom. The van der Waals surface area contributed by atoms with Gasteiger partial charge in [0.2, 0.25) is 15.9 Å². The fraction of sp³-hybridized carbons (Fsp3) is 0.316. The normalized spacial score (nSPS) is 13.2. The number of carbonyl (C=O) groups is 2. The number of hydrogen-bond donors (Lipinski definition) is 2. The Balaban J connectivity index is 1.57. The van der Waals surface area contributed by atoms with Crippen LogP contribution in [0.5, 0.6) is 5.75 Å². The number of rotatable bonds is 13. The molecular weight excluding hydrogens is 759 g/mol. The highest BCUT2D eigenvalue weighted by Crippen LogP contribution is 2.42. The van der Waals surface area contributed by atoms with Crippen molar-refractivity contribution in [2.24, 2.45) is 0 Å². The summed E-state index contributed by atoms with van der Waals surface area (Å²) in [4.78, 5) is 27.1. The summed E-state index contributed by atoms with van der Waals surface area (Å²) in [6.45, 7) is 7.57. The molecule has 0 unspecified atom stereocenters. The van der Waals surface area contributed by atoms with E-state index in [1.165, 1.54) is 36.4 Å². The Kier molecular flexibility index (Phi) is 11.7. The fourth-order valence-electron chi connectivity index (χ4n) is 5.78. The lowest BCUT2D eigenvalue weighted by atomic mass is 9.84. The lowest BCUT2D eigenvalue weighted by Gasteiger charge is -2.27. The first-order valence-corrected chi connectivity index (χ1v) is 18.9. The standard InChI is InChI=1S/C38H36Cl2F4N2O6S/c1-5-52-29-17-23(37(48)49)11-12-28(29)46(18-20-13-24(21-9-10-21)15-25(14-20)38(2,3)4)30(47)19-53(50,51)45-36-26(32(41)33(42)34(43)35(36)44)16-22-7-6-8-27(39)31(22)40/h6-8,11-15,17,21,45H,5,9-10,16,18-19H2,1-4H3,(H,48,49). The van der Waals surface area contributed by atoms with Crippen LogP contribution in [0.1, 0.15) is 84.6 Å². The number of benzene rings is 4. The van der Waals surface area contributed by atoms with E-state index in [0.29, 0.717) is 11.5 Å². The third-order valence-corrected chi connectivity index (χ3v) is 10.7. The minimum absolute atomic E-state index is 0.0144. The van der Waals surface area contributed by atoms with Gasteiger partial charge in [-0.15, -0.1) is 0 Å². The van der Waals surface area contributed by atoms with Gasteiger partial charge < -0.3 is 14.7 Å². The van der Waals surface area contributed by atoms with Gasteiger partial charge in [-0.2, -0.15) is 0 Å². The highest BCUT2D eigenvalue weighted by Gasteiger charge is 2.32. The van der Waals surface area contributed by atoms with Crippen LogP contribution in [-0.2, 0) is 33.2 Å². The Morgan fingerprint density at radius 3 is 2.26 bits per heavy atom. The summed E-state index contributed by atoms with van der Waals surface area (Å²) in [7, 11) is -5.00. The van der Waals surface area contributed by atoms with Gasteiger partial charge in [0.1, 0.15) is 11.5 Å². The molecule has 15 heteroatoms. The third kappa shape index (κ3) is 9.08. The first kappa shape index (κ1) is 39.9. The van der Waals surface area contributed by atoms with E-state index in [-0.39, 0.29) is 51.2 Å². The van der Waals surface area contributed by atoms with Crippen molar-refractivity contribution in [2.75, 3.05) is 22.0 Å². The number of carbonyl (C=O) groups excluding carboxylic acids is 1. The average molecular weight is 796 g/mol. The van der Waals surface area contributed by atoms with Crippen LogP contribution in [0, 0.1) is 23.3 Å². The number of nitrogens with zero attached hydrogens (tertiary/aromatic N) is 1. The molecule has 0 aromatic heterocycles. The molecule has 0 saturated heterocycles. The molecule has 0 heterocycles. The molecule has 1 fully saturated rings. The van der Waals surface area contributed by atoms with Crippen molar-refractivity contribution in [3.63, 3.8) is 0 Å². The predicted molar refractivity (Wildman–Crippen MR) is 196 cm³/mol. The highest BCUT2D eigenvalue weighted by molar-refractivity contribution is 7.93. The van der Waals surface area contributed by atoms with Crippen molar-refractivity contribution < 1.29 is 45.4 Å². The molecule has 1 saturated carbocycles. The van der Waals surface area contributed by atoms with Crippen molar-refractivity contribution >= 4 is 56.5 Å². The molecule has 1 amide bonds. The second-order valence-corrected chi connectivity index (χ2v) is 16.3. The van der Waals surface area contributed by atoms with Crippen LogP contribution in [-0.4, -0.2) is 37.8 Å². The van der Waals surface area contributed by atoms with E-state index in [1.54, 1.807) is 11.6 Å². The number of sulfonamides is 1.